The highest BCUT2D eigenvalue weighted by Crippen LogP contribution is 2.35. The molecule has 1 aliphatic rings. The van der Waals surface area contributed by atoms with Crippen LogP contribution in [0.15, 0.2) is 54.6 Å². The maximum absolute atomic E-state index is 10.6. The maximum atomic E-state index is 10.6. The van der Waals surface area contributed by atoms with E-state index in [4.69, 9.17) is 4.74 Å². The van der Waals surface area contributed by atoms with E-state index in [0.29, 0.717) is 0 Å². The van der Waals surface area contributed by atoms with Crippen LogP contribution in [-0.4, -0.2) is 12.2 Å². The summed E-state index contributed by atoms with van der Waals surface area (Å²) in [7, 11) is 1.68. The number of rotatable bonds is 3. The molecule has 0 aromatic heterocycles. The summed E-state index contributed by atoms with van der Waals surface area (Å²) in [6.07, 6.45) is 4.51. The SMILES string of the molecule is COc1ccccc1C[C@H]1C=Cc2ccccc2[C@H]1O. The van der Waals surface area contributed by atoms with Gasteiger partial charge in [-0.05, 0) is 29.2 Å². The van der Waals surface area contributed by atoms with Crippen molar-refractivity contribution < 1.29 is 9.84 Å². The molecule has 2 atom stereocenters. The summed E-state index contributed by atoms with van der Waals surface area (Å²) < 4.78 is 5.39. The lowest BCUT2D eigenvalue weighted by atomic mass is 9.83. The van der Waals surface area contributed by atoms with E-state index in [1.165, 1.54) is 0 Å². The zero-order valence-corrected chi connectivity index (χ0v) is 11.5. The van der Waals surface area contributed by atoms with Crippen molar-refractivity contribution in [2.45, 2.75) is 12.5 Å². The van der Waals surface area contributed by atoms with Crippen LogP contribution in [0.2, 0.25) is 0 Å². The number of para-hydroxylation sites is 1. The highest BCUT2D eigenvalue weighted by Gasteiger charge is 2.24. The molecule has 1 N–H and O–H groups in total. The summed E-state index contributed by atoms with van der Waals surface area (Å²) in [5.41, 5.74) is 3.24. The molecule has 0 unspecified atom stereocenters. The summed E-state index contributed by atoms with van der Waals surface area (Å²) in [5, 5.41) is 10.6. The summed E-state index contributed by atoms with van der Waals surface area (Å²) >= 11 is 0. The first-order valence-electron chi connectivity index (χ1n) is 6.86. The molecule has 3 rings (SSSR count). The molecule has 0 bridgehead atoms. The van der Waals surface area contributed by atoms with E-state index in [0.717, 1.165) is 28.9 Å². The number of fused-ring (bicyclic) bond motifs is 1. The Morgan fingerprint density at radius 1 is 1.05 bits per heavy atom. The standard InChI is InChI=1S/C18H18O2/c1-20-17-9-5-3-7-14(17)12-15-11-10-13-6-2-4-8-16(13)18(15)19/h2-11,15,18-19H,12H2,1H3/t15-,18+/m1/s1. The highest BCUT2D eigenvalue weighted by atomic mass is 16.5. The van der Waals surface area contributed by atoms with Gasteiger partial charge in [0, 0.05) is 5.92 Å². The monoisotopic (exact) mass is 266 g/mol. The zero-order chi connectivity index (χ0) is 13.9. The lowest BCUT2D eigenvalue weighted by Gasteiger charge is -2.26. The molecule has 2 nitrogen and oxygen atoms in total. The van der Waals surface area contributed by atoms with Crippen molar-refractivity contribution in [1.29, 1.82) is 0 Å². The Morgan fingerprint density at radius 3 is 2.65 bits per heavy atom. The third-order valence-corrected chi connectivity index (χ3v) is 3.89. The Hall–Kier alpha value is -2.06. The Morgan fingerprint density at radius 2 is 1.80 bits per heavy atom. The molecule has 0 saturated heterocycles. The first-order valence-corrected chi connectivity index (χ1v) is 6.86. The van der Waals surface area contributed by atoms with Crippen molar-refractivity contribution in [2.24, 2.45) is 5.92 Å². The van der Waals surface area contributed by atoms with E-state index in [9.17, 15) is 5.11 Å². The Kier molecular flexibility index (Phi) is 3.57. The molecule has 0 fully saturated rings. The van der Waals surface area contributed by atoms with Crippen LogP contribution in [0.3, 0.4) is 0 Å². The van der Waals surface area contributed by atoms with Gasteiger partial charge in [-0.2, -0.15) is 0 Å². The normalized spacial score (nSPS) is 20.5. The fourth-order valence-electron chi connectivity index (χ4n) is 2.80. The Balaban J connectivity index is 1.87. The molecule has 0 spiro atoms. The second-order valence-corrected chi connectivity index (χ2v) is 5.11. The molecule has 0 amide bonds. The minimum Gasteiger partial charge on any atom is -0.496 e. The van der Waals surface area contributed by atoms with Crippen LogP contribution in [0, 0.1) is 5.92 Å². The fraction of sp³-hybridized carbons (Fsp3) is 0.222. The number of benzene rings is 2. The summed E-state index contributed by atoms with van der Waals surface area (Å²) in [6, 6.07) is 16.0. The average Bonchev–Trinajstić information content (AvgIpc) is 2.51. The van der Waals surface area contributed by atoms with E-state index in [2.05, 4.69) is 18.2 Å². The fourth-order valence-corrected chi connectivity index (χ4v) is 2.80. The average molecular weight is 266 g/mol. The molecule has 0 radical (unpaired) electrons. The topological polar surface area (TPSA) is 29.5 Å². The van der Waals surface area contributed by atoms with Gasteiger partial charge < -0.3 is 9.84 Å². The van der Waals surface area contributed by atoms with E-state index < -0.39 is 6.10 Å². The number of aliphatic hydroxyl groups is 1. The lowest BCUT2D eigenvalue weighted by Crippen LogP contribution is -2.17. The largest absolute Gasteiger partial charge is 0.496 e. The number of aliphatic hydroxyl groups excluding tert-OH is 1. The van der Waals surface area contributed by atoms with E-state index >= 15 is 0 Å². The van der Waals surface area contributed by atoms with Crippen LogP contribution < -0.4 is 4.74 Å². The Bertz CT molecular complexity index is 631. The van der Waals surface area contributed by atoms with Crippen molar-refractivity contribution in [3.63, 3.8) is 0 Å². The molecular formula is C18H18O2. The van der Waals surface area contributed by atoms with Crippen molar-refractivity contribution in [3.8, 4) is 5.75 Å². The Labute approximate surface area is 119 Å². The van der Waals surface area contributed by atoms with Crippen LogP contribution in [0.5, 0.6) is 5.75 Å². The van der Waals surface area contributed by atoms with Crippen LogP contribution in [0.25, 0.3) is 6.08 Å². The number of methoxy groups -OCH3 is 1. The first kappa shape index (κ1) is 12.9. The third kappa shape index (κ3) is 2.35. The van der Waals surface area contributed by atoms with Crippen molar-refractivity contribution in [3.05, 3.63) is 71.3 Å². The third-order valence-electron chi connectivity index (χ3n) is 3.89. The minimum absolute atomic E-state index is 0.0844. The highest BCUT2D eigenvalue weighted by molar-refractivity contribution is 5.58. The smallest absolute Gasteiger partial charge is 0.122 e. The molecule has 1 aliphatic carbocycles. The van der Waals surface area contributed by atoms with Crippen LogP contribution in [-0.2, 0) is 6.42 Å². The van der Waals surface area contributed by atoms with E-state index in [-0.39, 0.29) is 5.92 Å². The molecule has 2 heteroatoms. The van der Waals surface area contributed by atoms with Gasteiger partial charge in [-0.3, -0.25) is 0 Å². The molecule has 2 aromatic carbocycles. The van der Waals surface area contributed by atoms with Gasteiger partial charge in [0.15, 0.2) is 0 Å². The van der Waals surface area contributed by atoms with E-state index in [1.54, 1.807) is 7.11 Å². The minimum atomic E-state index is -0.457. The van der Waals surface area contributed by atoms with Gasteiger partial charge in [-0.25, -0.2) is 0 Å². The van der Waals surface area contributed by atoms with Crippen molar-refractivity contribution in [1.82, 2.24) is 0 Å². The van der Waals surface area contributed by atoms with Gasteiger partial charge >= 0.3 is 0 Å². The van der Waals surface area contributed by atoms with Crippen molar-refractivity contribution >= 4 is 6.08 Å². The van der Waals surface area contributed by atoms with Gasteiger partial charge in [-0.15, -0.1) is 0 Å². The van der Waals surface area contributed by atoms with Crippen LogP contribution in [0.1, 0.15) is 22.8 Å². The summed E-state index contributed by atoms with van der Waals surface area (Å²) in [5.74, 6) is 0.966. The van der Waals surface area contributed by atoms with Gasteiger partial charge in [0.05, 0.1) is 13.2 Å². The van der Waals surface area contributed by atoms with Gasteiger partial charge in [0.25, 0.3) is 0 Å². The van der Waals surface area contributed by atoms with Gasteiger partial charge in [0.1, 0.15) is 5.75 Å². The number of hydrogen-bond acceptors (Lipinski definition) is 2. The van der Waals surface area contributed by atoms with Gasteiger partial charge in [0.2, 0.25) is 0 Å². The molecule has 0 saturated carbocycles. The zero-order valence-electron chi connectivity index (χ0n) is 11.5. The van der Waals surface area contributed by atoms with E-state index in [1.807, 2.05) is 42.5 Å². The summed E-state index contributed by atoms with van der Waals surface area (Å²) in [4.78, 5) is 0. The van der Waals surface area contributed by atoms with Crippen molar-refractivity contribution in [2.75, 3.05) is 7.11 Å². The van der Waals surface area contributed by atoms with Gasteiger partial charge in [-0.1, -0.05) is 54.6 Å². The van der Waals surface area contributed by atoms with Crippen LogP contribution >= 0.6 is 0 Å². The second kappa shape index (κ2) is 5.51. The van der Waals surface area contributed by atoms with Crippen LogP contribution in [0.4, 0.5) is 0 Å². The predicted octanol–water partition coefficient (Wildman–Crippen LogP) is 3.61. The number of ether oxygens (including phenoxy) is 1. The molecular weight excluding hydrogens is 248 g/mol. The maximum Gasteiger partial charge on any atom is 0.122 e. The molecule has 20 heavy (non-hydrogen) atoms. The molecule has 2 aromatic rings. The number of hydrogen-bond donors (Lipinski definition) is 1. The molecule has 0 heterocycles. The second-order valence-electron chi connectivity index (χ2n) is 5.11. The molecule has 102 valence electrons. The molecule has 0 aliphatic heterocycles. The lowest BCUT2D eigenvalue weighted by molar-refractivity contribution is 0.129. The summed E-state index contributed by atoms with van der Waals surface area (Å²) in [6.45, 7) is 0. The quantitative estimate of drug-likeness (QED) is 0.919. The predicted molar refractivity (Wildman–Crippen MR) is 80.6 cm³/mol. The first-order chi connectivity index (χ1) is 9.79.